The summed E-state index contributed by atoms with van der Waals surface area (Å²) in [6.45, 7) is 10.2. The minimum absolute atomic E-state index is 0.00353. The summed E-state index contributed by atoms with van der Waals surface area (Å²) in [5.41, 5.74) is -0.341. The highest BCUT2D eigenvalue weighted by atomic mass is 35.5. The Labute approximate surface area is 176 Å². The molecule has 0 aromatic carbocycles. The topological polar surface area (TPSA) is 96.7 Å². The van der Waals surface area contributed by atoms with E-state index in [1.807, 2.05) is 31.6 Å². The molecule has 4 rings (SSSR count). The molecule has 2 N–H and O–H groups in total. The summed E-state index contributed by atoms with van der Waals surface area (Å²) >= 11 is 5.94. The van der Waals surface area contributed by atoms with Crippen LogP contribution in [0.15, 0.2) is 12.4 Å². The number of carbonyl (C=O) groups excluding carboxylic acids is 1. The second kappa shape index (κ2) is 8.62. The molecule has 3 aliphatic heterocycles. The van der Waals surface area contributed by atoms with E-state index in [2.05, 4.69) is 15.3 Å². The first-order valence-electron chi connectivity index (χ1n) is 10.1. The van der Waals surface area contributed by atoms with Gasteiger partial charge < -0.3 is 15.2 Å². The summed E-state index contributed by atoms with van der Waals surface area (Å²) < 4.78 is 8.36. The number of rotatable bonds is 5. The number of hydrogen-bond donors (Lipinski definition) is 2. The lowest BCUT2D eigenvalue weighted by Crippen LogP contribution is -2.44. The number of carboxylic acid groups (broad SMARTS) is 1. The number of halogens is 1. The van der Waals surface area contributed by atoms with Gasteiger partial charge in [-0.15, -0.1) is 0 Å². The van der Waals surface area contributed by atoms with E-state index in [-0.39, 0.29) is 23.4 Å². The van der Waals surface area contributed by atoms with Crippen LogP contribution in [0.4, 0.5) is 0 Å². The standard InChI is InChI=1S/C19H29ClN4O2.CH2O2/c1-18(2,3)17(25)21-9-14-15-11-23(6-7-24-10-13(20)8-22-24)12-19(15)5-4-16(14)26-19;2-1-3/h8,10,14-16H,4-7,9,11-12H2,1-3H3,(H,21,25);1H,(H,2,3)/t14-,15+,16+,19+;/m0./s1. The fourth-order valence-electron chi connectivity index (χ4n) is 4.91. The minimum atomic E-state index is -0.344. The van der Waals surface area contributed by atoms with Crippen LogP contribution in [0.25, 0.3) is 0 Å². The largest absolute Gasteiger partial charge is 0.483 e. The predicted octanol–water partition coefficient (Wildman–Crippen LogP) is 1.88. The second-order valence-corrected chi connectivity index (χ2v) is 9.69. The number of carbonyl (C=O) groups is 2. The highest BCUT2D eigenvalue weighted by Gasteiger charge is 2.62. The SMILES string of the molecule is CC(C)(C)C(=O)NC[C@H]1[C@H]2CN(CCn3cc(Cl)cn3)C[C@]23CC[C@H]1O3.O=CO. The molecule has 2 bridgehead atoms. The third-order valence-electron chi connectivity index (χ3n) is 6.28. The van der Waals surface area contributed by atoms with Crippen molar-refractivity contribution in [1.29, 1.82) is 0 Å². The highest BCUT2D eigenvalue weighted by molar-refractivity contribution is 6.30. The van der Waals surface area contributed by atoms with E-state index in [1.54, 1.807) is 6.20 Å². The van der Waals surface area contributed by atoms with E-state index >= 15 is 0 Å². The predicted molar refractivity (Wildman–Crippen MR) is 109 cm³/mol. The molecule has 4 heterocycles. The molecule has 0 aliphatic carbocycles. The van der Waals surface area contributed by atoms with E-state index in [1.165, 1.54) is 0 Å². The Balaban J connectivity index is 0.000000755. The van der Waals surface area contributed by atoms with Gasteiger partial charge in [0, 0.05) is 49.6 Å². The van der Waals surface area contributed by atoms with Crippen LogP contribution in [0.2, 0.25) is 5.02 Å². The van der Waals surface area contributed by atoms with E-state index in [0.717, 1.165) is 45.6 Å². The molecule has 3 fully saturated rings. The van der Waals surface area contributed by atoms with Crippen LogP contribution >= 0.6 is 11.6 Å². The molecule has 0 radical (unpaired) electrons. The van der Waals surface area contributed by atoms with Gasteiger partial charge in [0.15, 0.2) is 0 Å². The number of fused-ring (bicyclic) bond motifs is 1. The number of hydrogen-bond acceptors (Lipinski definition) is 5. The molecule has 4 atom stereocenters. The third-order valence-corrected chi connectivity index (χ3v) is 6.48. The number of aromatic nitrogens is 2. The summed E-state index contributed by atoms with van der Waals surface area (Å²) in [5, 5.41) is 15.0. The van der Waals surface area contributed by atoms with E-state index < -0.39 is 0 Å². The fraction of sp³-hybridized carbons (Fsp3) is 0.750. The van der Waals surface area contributed by atoms with Gasteiger partial charge in [-0.25, -0.2) is 0 Å². The van der Waals surface area contributed by atoms with Crippen LogP contribution in [0.3, 0.4) is 0 Å². The lowest BCUT2D eigenvalue weighted by molar-refractivity contribution is -0.128. The maximum Gasteiger partial charge on any atom is 0.290 e. The Kier molecular flexibility index (Phi) is 6.55. The van der Waals surface area contributed by atoms with Gasteiger partial charge in [0.25, 0.3) is 6.47 Å². The monoisotopic (exact) mass is 426 g/mol. The lowest BCUT2D eigenvalue weighted by Gasteiger charge is -2.30. The van der Waals surface area contributed by atoms with Gasteiger partial charge in [-0.05, 0) is 12.8 Å². The van der Waals surface area contributed by atoms with Crippen LogP contribution in [0.5, 0.6) is 0 Å². The Morgan fingerprint density at radius 3 is 2.83 bits per heavy atom. The average Bonchev–Trinajstić information content (AvgIpc) is 3.38. The van der Waals surface area contributed by atoms with E-state index in [0.29, 0.717) is 23.0 Å². The molecular weight excluding hydrogens is 396 g/mol. The van der Waals surface area contributed by atoms with Gasteiger partial charge in [0.05, 0.1) is 29.5 Å². The summed E-state index contributed by atoms with van der Waals surface area (Å²) in [7, 11) is 0. The van der Waals surface area contributed by atoms with Crippen molar-refractivity contribution in [3.8, 4) is 0 Å². The Morgan fingerprint density at radius 2 is 2.21 bits per heavy atom. The molecule has 8 nitrogen and oxygen atoms in total. The summed E-state index contributed by atoms with van der Waals surface area (Å²) in [6.07, 6.45) is 6.12. The first-order chi connectivity index (χ1) is 13.7. The van der Waals surface area contributed by atoms with Crippen molar-refractivity contribution < 1.29 is 19.4 Å². The van der Waals surface area contributed by atoms with Gasteiger partial charge in [-0.1, -0.05) is 32.4 Å². The molecule has 1 aromatic heterocycles. The summed E-state index contributed by atoms with van der Waals surface area (Å²) in [5.74, 6) is 1.07. The van der Waals surface area contributed by atoms with Crippen molar-refractivity contribution in [3.05, 3.63) is 17.4 Å². The molecule has 9 heteroatoms. The lowest BCUT2D eigenvalue weighted by atomic mass is 9.73. The Bertz CT molecular complexity index is 734. The molecular formula is C20H31ClN4O4. The van der Waals surface area contributed by atoms with Gasteiger partial charge in [-0.2, -0.15) is 5.10 Å². The van der Waals surface area contributed by atoms with Gasteiger partial charge >= 0.3 is 0 Å². The number of amides is 1. The van der Waals surface area contributed by atoms with Crippen LogP contribution in [-0.4, -0.2) is 70.1 Å². The van der Waals surface area contributed by atoms with E-state index in [4.69, 9.17) is 26.2 Å². The third kappa shape index (κ3) is 4.75. The minimum Gasteiger partial charge on any atom is -0.483 e. The number of likely N-dealkylation sites (tertiary alicyclic amines) is 1. The normalized spacial score (nSPS) is 30.6. The second-order valence-electron chi connectivity index (χ2n) is 9.25. The van der Waals surface area contributed by atoms with Crippen molar-refractivity contribution in [2.75, 3.05) is 26.2 Å². The summed E-state index contributed by atoms with van der Waals surface area (Å²) in [4.78, 5) is 23.1. The zero-order valence-corrected chi connectivity index (χ0v) is 18.1. The number of nitrogens with zero attached hydrogens (tertiary/aromatic N) is 3. The molecule has 1 spiro atoms. The van der Waals surface area contributed by atoms with Gasteiger partial charge in [0.2, 0.25) is 5.91 Å². The average molecular weight is 427 g/mol. The molecule has 29 heavy (non-hydrogen) atoms. The molecule has 3 aliphatic rings. The van der Waals surface area contributed by atoms with Crippen molar-refractivity contribution in [2.45, 2.75) is 51.9 Å². The van der Waals surface area contributed by atoms with Crippen molar-refractivity contribution in [2.24, 2.45) is 17.3 Å². The Hall–Kier alpha value is -1.64. The molecule has 1 amide bonds. The molecule has 3 saturated heterocycles. The number of ether oxygens (including phenoxy) is 1. The number of nitrogens with one attached hydrogen (secondary N) is 1. The smallest absolute Gasteiger partial charge is 0.290 e. The Morgan fingerprint density at radius 1 is 1.48 bits per heavy atom. The van der Waals surface area contributed by atoms with Crippen molar-refractivity contribution in [3.63, 3.8) is 0 Å². The van der Waals surface area contributed by atoms with Crippen LogP contribution in [-0.2, 0) is 20.9 Å². The van der Waals surface area contributed by atoms with Gasteiger partial charge in [-0.3, -0.25) is 19.2 Å². The van der Waals surface area contributed by atoms with E-state index in [9.17, 15) is 4.79 Å². The quantitative estimate of drug-likeness (QED) is 0.698. The maximum atomic E-state index is 12.3. The molecule has 162 valence electrons. The zero-order chi connectivity index (χ0) is 21.2. The fourth-order valence-corrected chi connectivity index (χ4v) is 5.07. The first kappa shape index (κ1) is 22.1. The van der Waals surface area contributed by atoms with Crippen molar-refractivity contribution >= 4 is 24.0 Å². The van der Waals surface area contributed by atoms with Crippen LogP contribution in [0.1, 0.15) is 33.6 Å². The van der Waals surface area contributed by atoms with Crippen LogP contribution < -0.4 is 5.32 Å². The molecule has 0 saturated carbocycles. The zero-order valence-electron chi connectivity index (χ0n) is 17.3. The molecule has 1 aromatic rings. The highest BCUT2D eigenvalue weighted by Crippen LogP contribution is 2.54. The molecule has 0 unspecified atom stereocenters. The first-order valence-corrected chi connectivity index (χ1v) is 10.5. The van der Waals surface area contributed by atoms with Gasteiger partial charge in [0.1, 0.15) is 0 Å². The summed E-state index contributed by atoms with van der Waals surface area (Å²) in [6, 6.07) is 0. The van der Waals surface area contributed by atoms with Crippen molar-refractivity contribution in [1.82, 2.24) is 20.0 Å². The van der Waals surface area contributed by atoms with Crippen LogP contribution in [0, 0.1) is 17.3 Å². The maximum absolute atomic E-state index is 12.3.